The van der Waals surface area contributed by atoms with Crippen LogP contribution in [0.4, 0.5) is 0 Å². The molecular formula is C13H20N4O. The third-order valence-electron chi connectivity index (χ3n) is 4.10. The van der Waals surface area contributed by atoms with Crippen molar-refractivity contribution in [2.24, 2.45) is 0 Å². The van der Waals surface area contributed by atoms with Crippen LogP contribution in [-0.4, -0.2) is 58.6 Å². The molecule has 98 valence electrons. The van der Waals surface area contributed by atoms with Gasteiger partial charge < -0.3 is 9.64 Å². The number of ether oxygens (including phenoxy) is 1. The van der Waals surface area contributed by atoms with Gasteiger partial charge in [-0.15, -0.1) is 0 Å². The Morgan fingerprint density at radius 1 is 1.28 bits per heavy atom. The second-order valence-corrected chi connectivity index (χ2v) is 5.15. The van der Waals surface area contributed by atoms with E-state index in [-0.39, 0.29) is 0 Å². The van der Waals surface area contributed by atoms with Crippen molar-refractivity contribution in [3.05, 3.63) is 18.0 Å². The minimum absolute atomic E-state index is 0.444. The van der Waals surface area contributed by atoms with Gasteiger partial charge in [0, 0.05) is 49.7 Å². The van der Waals surface area contributed by atoms with Crippen LogP contribution in [0.5, 0.6) is 6.01 Å². The van der Waals surface area contributed by atoms with Gasteiger partial charge in [-0.25, -0.2) is 9.97 Å². The fourth-order valence-electron chi connectivity index (χ4n) is 3.03. The molecule has 2 atom stereocenters. The molecule has 0 aliphatic carbocycles. The van der Waals surface area contributed by atoms with Crippen LogP contribution < -0.4 is 4.74 Å². The molecule has 5 nitrogen and oxygen atoms in total. The van der Waals surface area contributed by atoms with Gasteiger partial charge in [0.1, 0.15) is 0 Å². The third kappa shape index (κ3) is 2.08. The summed E-state index contributed by atoms with van der Waals surface area (Å²) in [5.41, 5.74) is 1.18. The Balaban J connectivity index is 1.61. The van der Waals surface area contributed by atoms with Crippen LogP contribution in [0.2, 0.25) is 0 Å². The average molecular weight is 248 g/mol. The second-order valence-electron chi connectivity index (χ2n) is 5.15. The van der Waals surface area contributed by atoms with Gasteiger partial charge in [-0.05, 0) is 13.0 Å². The first-order chi connectivity index (χ1) is 8.80. The summed E-state index contributed by atoms with van der Waals surface area (Å²) in [5, 5.41) is 0. The summed E-state index contributed by atoms with van der Waals surface area (Å²) in [6.45, 7) is 6.81. The number of nitrogens with zero attached hydrogens (tertiary/aromatic N) is 4. The fraction of sp³-hybridized carbons (Fsp3) is 0.692. The maximum atomic E-state index is 4.98. The molecule has 4 heterocycles. The van der Waals surface area contributed by atoms with Crippen molar-refractivity contribution in [3.8, 4) is 6.01 Å². The van der Waals surface area contributed by atoms with Gasteiger partial charge in [0.15, 0.2) is 0 Å². The van der Waals surface area contributed by atoms with E-state index in [9.17, 15) is 0 Å². The molecule has 0 amide bonds. The SMILES string of the molecule is CCN1CC2CC(C1)N2Cc1cnc(OC)nc1. The summed E-state index contributed by atoms with van der Waals surface area (Å²) in [5.74, 6) is 0. The van der Waals surface area contributed by atoms with Crippen molar-refractivity contribution < 1.29 is 4.74 Å². The lowest BCUT2D eigenvalue weighted by Gasteiger charge is -2.56. The number of aromatic nitrogens is 2. The Morgan fingerprint density at radius 2 is 1.94 bits per heavy atom. The molecule has 0 aromatic carbocycles. The van der Waals surface area contributed by atoms with Crippen LogP contribution in [0, 0.1) is 0 Å². The van der Waals surface area contributed by atoms with Crippen molar-refractivity contribution in [2.75, 3.05) is 26.7 Å². The minimum atomic E-state index is 0.444. The summed E-state index contributed by atoms with van der Waals surface area (Å²) >= 11 is 0. The van der Waals surface area contributed by atoms with Crippen molar-refractivity contribution >= 4 is 0 Å². The molecule has 3 fully saturated rings. The fourth-order valence-corrected chi connectivity index (χ4v) is 3.03. The van der Waals surface area contributed by atoms with Crippen LogP contribution in [0.3, 0.4) is 0 Å². The van der Waals surface area contributed by atoms with E-state index in [1.165, 1.54) is 31.6 Å². The molecule has 2 bridgehead atoms. The Hall–Kier alpha value is -1.20. The zero-order chi connectivity index (χ0) is 12.5. The van der Waals surface area contributed by atoms with Crippen LogP contribution in [0.1, 0.15) is 18.9 Å². The molecule has 0 N–H and O–H groups in total. The molecular weight excluding hydrogens is 228 g/mol. The Bertz CT molecular complexity index is 396. The van der Waals surface area contributed by atoms with Crippen molar-refractivity contribution in [3.63, 3.8) is 0 Å². The molecule has 3 saturated heterocycles. The highest BCUT2D eigenvalue weighted by molar-refractivity contribution is 5.11. The normalized spacial score (nSPS) is 27.9. The lowest BCUT2D eigenvalue weighted by molar-refractivity contribution is -0.0733. The zero-order valence-corrected chi connectivity index (χ0v) is 11.0. The van der Waals surface area contributed by atoms with Gasteiger partial charge in [0.25, 0.3) is 0 Å². The summed E-state index contributed by atoms with van der Waals surface area (Å²) < 4.78 is 4.98. The lowest BCUT2D eigenvalue weighted by Crippen LogP contribution is -2.67. The first-order valence-electron chi connectivity index (χ1n) is 6.63. The number of hydrogen-bond donors (Lipinski definition) is 0. The van der Waals surface area contributed by atoms with Crippen molar-refractivity contribution in [1.29, 1.82) is 0 Å². The standard InChI is InChI=1S/C13H20N4O/c1-3-16-8-11-4-12(9-16)17(11)7-10-5-14-13(18-2)15-6-10/h5-6,11-12H,3-4,7-9H2,1-2H3. The number of rotatable bonds is 4. The van der Waals surface area contributed by atoms with Gasteiger partial charge in [-0.2, -0.15) is 0 Å². The van der Waals surface area contributed by atoms with Crippen molar-refractivity contribution in [1.82, 2.24) is 19.8 Å². The van der Waals surface area contributed by atoms with E-state index in [0.717, 1.165) is 18.6 Å². The van der Waals surface area contributed by atoms with E-state index in [2.05, 4.69) is 26.7 Å². The monoisotopic (exact) mass is 248 g/mol. The van der Waals surface area contributed by atoms with Gasteiger partial charge in [-0.3, -0.25) is 4.90 Å². The second kappa shape index (κ2) is 4.82. The molecule has 2 unspecified atom stereocenters. The average Bonchev–Trinajstić information content (AvgIpc) is 2.45. The number of piperidine rings is 1. The molecule has 5 heteroatoms. The maximum absolute atomic E-state index is 4.98. The molecule has 0 saturated carbocycles. The van der Waals surface area contributed by atoms with E-state index in [1.54, 1.807) is 7.11 Å². The Morgan fingerprint density at radius 3 is 2.50 bits per heavy atom. The van der Waals surface area contributed by atoms with Crippen LogP contribution in [0.25, 0.3) is 0 Å². The maximum Gasteiger partial charge on any atom is 0.316 e. The van der Waals surface area contributed by atoms with Gasteiger partial charge in [0.2, 0.25) is 0 Å². The summed E-state index contributed by atoms with van der Waals surface area (Å²) in [4.78, 5) is 13.4. The topological polar surface area (TPSA) is 41.5 Å². The van der Waals surface area contributed by atoms with Crippen LogP contribution >= 0.6 is 0 Å². The highest BCUT2D eigenvalue weighted by Gasteiger charge is 2.43. The molecule has 1 aromatic heterocycles. The molecule has 3 aliphatic rings. The highest BCUT2D eigenvalue weighted by Crippen LogP contribution is 2.33. The Labute approximate surface area is 108 Å². The molecule has 0 spiro atoms. The van der Waals surface area contributed by atoms with E-state index in [1.807, 2.05) is 12.4 Å². The summed E-state index contributed by atoms with van der Waals surface area (Å²) in [6.07, 6.45) is 5.10. The molecule has 0 radical (unpaired) electrons. The first kappa shape index (κ1) is 11.9. The quantitative estimate of drug-likeness (QED) is 0.787. The van der Waals surface area contributed by atoms with E-state index in [0.29, 0.717) is 6.01 Å². The van der Waals surface area contributed by atoms with E-state index < -0.39 is 0 Å². The Kier molecular flexibility index (Phi) is 3.18. The van der Waals surface area contributed by atoms with Gasteiger partial charge in [0.05, 0.1) is 7.11 Å². The van der Waals surface area contributed by atoms with Crippen LogP contribution in [-0.2, 0) is 6.54 Å². The van der Waals surface area contributed by atoms with E-state index >= 15 is 0 Å². The highest BCUT2D eigenvalue weighted by atomic mass is 16.5. The summed E-state index contributed by atoms with van der Waals surface area (Å²) in [7, 11) is 1.59. The molecule has 4 rings (SSSR count). The molecule has 1 aromatic rings. The van der Waals surface area contributed by atoms with Crippen molar-refractivity contribution in [2.45, 2.75) is 32.0 Å². The van der Waals surface area contributed by atoms with Gasteiger partial charge >= 0.3 is 6.01 Å². The van der Waals surface area contributed by atoms with Crippen LogP contribution in [0.15, 0.2) is 12.4 Å². The predicted molar refractivity (Wildman–Crippen MR) is 68.4 cm³/mol. The smallest absolute Gasteiger partial charge is 0.316 e. The third-order valence-corrected chi connectivity index (χ3v) is 4.10. The first-order valence-corrected chi connectivity index (χ1v) is 6.63. The minimum Gasteiger partial charge on any atom is -0.467 e. The number of hydrogen-bond acceptors (Lipinski definition) is 5. The number of likely N-dealkylation sites (N-methyl/N-ethyl adjacent to an activating group) is 1. The summed E-state index contributed by atoms with van der Waals surface area (Å²) in [6, 6.07) is 1.90. The molecule has 3 aliphatic heterocycles. The zero-order valence-electron chi connectivity index (χ0n) is 11.0. The number of methoxy groups -OCH3 is 1. The largest absolute Gasteiger partial charge is 0.467 e. The van der Waals surface area contributed by atoms with E-state index in [4.69, 9.17) is 4.74 Å². The number of piperazine rings is 1. The molecule has 18 heavy (non-hydrogen) atoms. The number of fused-ring (bicyclic) bond motifs is 2. The van der Waals surface area contributed by atoms with Gasteiger partial charge in [-0.1, -0.05) is 6.92 Å². The lowest BCUT2D eigenvalue weighted by atomic mass is 9.87. The predicted octanol–water partition coefficient (Wildman–Crippen LogP) is 0.764.